The van der Waals surface area contributed by atoms with Crippen LogP contribution in [0.2, 0.25) is 0 Å². The SMILES string of the molecule is CCn1cc(-c2ccc([C@H](C)N3CCCC3)cc2)cn1. The van der Waals surface area contributed by atoms with E-state index in [1.807, 2.05) is 10.9 Å². The van der Waals surface area contributed by atoms with Gasteiger partial charge in [0.1, 0.15) is 0 Å². The van der Waals surface area contributed by atoms with Crippen molar-refractivity contribution in [1.29, 1.82) is 0 Å². The zero-order valence-electron chi connectivity index (χ0n) is 12.4. The zero-order valence-corrected chi connectivity index (χ0v) is 12.4. The van der Waals surface area contributed by atoms with Crippen LogP contribution in [0.4, 0.5) is 0 Å². The van der Waals surface area contributed by atoms with Gasteiger partial charge in [0.25, 0.3) is 0 Å². The van der Waals surface area contributed by atoms with Gasteiger partial charge in [-0.2, -0.15) is 5.10 Å². The van der Waals surface area contributed by atoms with Crippen LogP contribution in [0.1, 0.15) is 38.3 Å². The molecule has 0 aliphatic carbocycles. The number of aromatic nitrogens is 2. The predicted octanol–water partition coefficient (Wildman–Crippen LogP) is 3.73. The van der Waals surface area contributed by atoms with E-state index < -0.39 is 0 Å². The Morgan fingerprint density at radius 3 is 2.40 bits per heavy atom. The Hall–Kier alpha value is -1.61. The molecule has 1 aliphatic rings. The Kier molecular flexibility index (Phi) is 3.88. The highest BCUT2D eigenvalue weighted by molar-refractivity contribution is 5.62. The van der Waals surface area contributed by atoms with Crippen LogP contribution in [0.5, 0.6) is 0 Å². The molecule has 3 nitrogen and oxygen atoms in total. The predicted molar refractivity (Wildman–Crippen MR) is 82.6 cm³/mol. The van der Waals surface area contributed by atoms with Crippen LogP contribution in [0.15, 0.2) is 36.7 Å². The molecule has 3 heteroatoms. The van der Waals surface area contributed by atoms with Gasteiger partial charge in [0.15, 0.2) is 0 Å². The molecule has 1 aromatic heterocycles. The summed E-state index contributed by atoms with van der Waals surface area (Å²) >= 11 is 0. The minimum atomic E-state index is 0.532. The number of rotatable bonds is 4. The second-order valence-corrected chi connectivity index (χ2v) is 5.63. The summed E-state index contributed by atoms with van der Waals surface area (Å²) in [5.41, 5.74) is 3.87. The number of aryl methyl sites for hydroxylation is 1. The van der Waals surface area contributed by atoms with Gasteiger partial charge in [-0.25, -0.2) is 0 Å². The molecule has 0 spiro atoms. The molecule has 2 heterocycles. The second kappa shape index (κ2) is 5.80. The van der Waals surface area contributed by atoms with Crippen molar-refractivity contribution in [2.45, 2.75) is 39.3 Å². The monoisotopic (exact) mass is 269 g/mol. The lowest BCUT2D eigenvalue weighted by Gasteiger charge is -2.24. The van der Waals surface area contributed by atoms with Crippen LogP contribution >= 0.6 is 0 Å². The third kappa shape index (κ3) is 2.63. The molecule has 1 fully saturated rings. The summed E-state index contributed by atoms with van der Waals surface area (Å²) in [6, 6.07) is 9.51. The van der Waals surface area contributed by atoms with E-state index in [0.717, 1.165) is 6.54 Å². The first-order valence-electron chi connectivity index (χ1n) is 7.65. The highest BCUT2D eigenvalue weighted by atomic mass is 15.3. The number of nitrogens with zero attached hydrogens (tertiary/aromatic N) is 3. The summed E-state index contributed by atoms with van der Waals surface area (Å²) in [6.07, 6.45) is 6.75. The van der Waals surface area contributed by atoms with Crippen LogP contribution in [0, 0.1) is 0 Å². The standard InChI is InChI=1S/C17H23N3/c1-3-20-13-17(12-18-20)16-8-6-15(7-9-16)14(2)19-10-4-5-11-19/h6-9,12-14H,3-5,10-11H2,1-2H3/t14-/m0/s1. The largest absolute Gasteiger partial charge is 0.297 e. The molecule has 2 aromatic rings. The molecule has 0 amide bonds. The molecular formula is C17H23N3. The molecule has 0 unspecified atom stereocenters. The Bertz CT molecular complexity index is 550. The number of hydrogen-bond acceptors (Lipinski definition) is 2. The van der Waals surface area contributed by atoms with Crippen molar-refractivity contribution >= 4 is 0 Å². The van der Waals surface area contributed by atoms with Crippen LogP contribution in [-0.2, 0) is 6.54 Å². The second-order valence-electron chi connectivity index (χ2n) is 5.63. The van der Waals surface area contributed by atoms with E-state index in [1.54, 1.807) is 0 Å². The molecule has 20 heavy (non-hydrogen) atoms. The molecule has 0 saturated carbocycles. The minimum Gasteiger partial charge on any atom is -0.297 e. The van der Waals surface area contributed by atoms with Crippen molar-refractivity contribution in [1.82, 2.24) is 14.7 Å². The topological polar surface area (TPSA) is 21.1 Å². The average Bonchev–Trinajstić information content (AvgIpc) is 3.18. The third-order valence-electron chi connectivity index (χ3n) is 4.37. The molecule has 1 saturated heterocycles. The van der Waals surface area contributed by atoms with Crippen molar-refractivity contribution in [3.8, 4) is 11.1 Å². The van der Waals surface area contributed by atoms with Gasteiger partial charge in [-0.15, -0.1) is 0 Å². The van der Waals surface area contributed by atoms with Crippen molar-refractivity contribution < 1.29 is 0 Å². The van der Waals surface area contributed by atoms with Gasteiger partial charge in [0.05, 0.1) is 6.20 Å². The van der Waals surface area contributed by atoms with E-state index in [0.29, 0.717) is 6.04 Å². The van der Waals surface area contributed by atoms with Crippen molar-refractivity contribution in [3.05, 3.63) is 42.2 Å². The zero-order chi connectivity index (χ0) is 13.9. The van der Waals surface area contributed by atoms with Crippen LogP contribution in [0.3, 0.4) is 0 Å². The van der Waals surface area contributed by atoms with E-state index in [-0.39, 0.29) is 0 Å². The summed E-state index contributed by atoms with van der Waals surface area (Å²) in [6.45, 7) is 7.83. The normalized spacial score (nSPS) is 17.5. The number of hydrogen-bond donors (Lipinski definition) is 0. The van der Waals surface area contributed by atoms with Crippen LogP contribution in [-0.4, -0.2) is 27.8 Å². The van der Waals surface area contributed by atoms with E-state index in [1.165, 1.54) is 42.6 Å². The van der Waals surface area contributed by atoms with E-state index in [2.05, 4.69) is 54.3 Å². The summed E-state index contributed by atoms with van der Waals surface area (Å²) < 4.78 is 1.97. The third-order valence-corrected chi connectivity index (χ3v) is 4.37. The summed E-state index contributed by atoms with van der Waals surface area (Å²) in [4.78, 5) is 2.57. The van der Waals surface area contributed by atoms with Gasteiger partial charge in [0, 0.05) is 24.3 Å². The lowest BCUT2D eigenvalue weighted by Crippen LogP contribution is -2.23. The van der Waals surface area contributed by atoms with Gasteiger partial charge in [-0.1, -0.05) is 24.3 Å². The summed E-state index contributed by atoms with van der Waals surface area (Å²) in [5.74, 6) is 0. The lowest BCUT2D eigenvalue weighted by molar-refractivity contribution is 0.263. The van der Waals surface area contributed by atoms with Crippen molar-refractivity contribution in [3.63, 3.8) is 0 Å². The molecule has 106 valence electrons. The Balaban J connectivity index is 1.76. The summed E-state index contributed by atoms with van der Waals surface area (Å²) in [5, 5.41) is 4.34. The summed E-state index contributed by atoms with van der Waals surface area (Å²) in [7, 11) is 0. The van der Waals surface area contributed by atoms with Gasteiger partial charge in [0.2, 0.25) is 0 Å². The Morgan fingerprint density at radius 1 is 1.10 bits per heavy atom. The maximum absolute atomic E-state index is 4.34. The molecule has 3 rings (SSSR count). The first-order chi connectivity index (χ1) is 9.78. The van der Waals surface area contributed by atoms with Crippen molar-refractivity contribution in [2.24, 2.45) is 0 Å². The van der Waals surface area contributed by atoms with Crippen LogP contribution < -0.4 is 0 Å². The Morgan fingerprint density at radius 2 is 1.80 bits per heavy atom. The molecule has 0 bridgehead atoms. The highest BCUT2D eigenvalue weighted by Gasteiger charge is 2.19. The van der Waals surface area contributed by atoms with E-state index in [4.69, 9.17) is 0 Å². The van der Waals surface area contributed by atoms with Gasteiger partial charge in [-0.05, 0) is 50.9 Å². The van der Waals surface area contributed by atoms with Gasteiger partial charge < -0.3 is 0 Å². The van der Waals surface area contributed by atoms with Gasteiger partial charge >= 0.3 is 0 Å². The first-order valence-corrected chi connectivity index (χ1v) is 7.65. The smallest absolute Gasteiger partial charge is 0.0568 e. The highest BCUT2D eigenvalue weighted by Crippen LogP contribution is 2.27. The number of benzene rings is 1. The molecule has 0 N–H and O–H groups in total. The fourth-order valence-corrected chi connectivity index (χ4v) is 2.98. The average molecular weight is 269 g/mol. The Labute approximate surface area is 121 Å². The number of likely N-dealkylation sites (tertiary alicyclic amines) is 1. The fraction of sp³-hybridized carbons (Fsp3) is 0.471. The van der Waals surface area contributed by atoms with E-state index in [9.17, 15) is 0 Å². The maximum Gasteiger partial charge on any atom is 0.0568 e. The quantitative estimate of drug-likeness (QED) is 0.843. The first kappa shape index (κ1) is 13.4. The van der Waals surface area contributed by atoms with E-state index >= 15 is 0 Å². The molecule has 1 atom stereocenters. The molecule has 1 aromatic carbocycles. The fourth-order valence-electron chi connectivity index (χ4n) is 2.98. The van der Waals surface area contributed by atoms with Crippen molar-refractivity contribution in [2.75, 3.05) is 13.1 Å². The lowest BCUT2D eigenvalue weighted by atomic mass is 10.0. The molecule has 1 aliphatic heterocycles. The maximum atomic E-state index is 4.34. The van der Waals surface area contributed by atoms with Gasteiger partial charge in [-0.3, -0.25) is 9.58 Å². The minimum absolute atomic E-state index is 0.532. The molecular weight excluding hydrogens is 246 g/mol. The molecule has 0 radical (unpaired) electrons. The van der Waals surface area contributed by atoms with Crippen LogP contribution in [0.25, 0.3) is 11.1 Å².